The highest BCUT2D eigenvalue weighted by atomic mass is 19.2. The summed E-state index contributed by atoms with van der Waals surface area (Å²) in [6.07, 6.45) is 0. The van der Waals surface area contributed by atoms with Crippen molar-refractivity contribution >= 4 is 11.6 Å². The molecule has 1 saturated heterocycles. The Morgan fingerprint density at radius 2 is 1.20 bits per heavy atom. The number of anilines is 1. The van der Waals surface area contributed by atoms with Crippen LogP contribution in [-0.2, 0) is 4.79 Å². The van der Waals surface area contributed by atoms with Crippen LogP contribution in [0.1, 0.15) is 6.92 Å². The second-order valence-corrected chi connectivity index (χ2v) is 4.41. The molecule has 0 aromatic heterocycles. The van der Waals surface area contributed by atoms with Crippen molar-refractivity contribution in [3.8, 4) is 0 Å². The van der Waals surface area contributed by atoms with Crippen LogP contribution >= 0.6 is 0 Å². The smallest absolute Gasteiger partial charge is 0.219 e. The molecule has 0 unspecified atom stereocenters. The summed E-state index contributed by atoms with van der Waals surface area (Å²) in [4.78, 5) is 13.6. The third kappa shape index (κ3) is 2.30. The maximum Gasteiger partial charge on any atom is 0.219 e. The molecule has 0 atom stereocenters. The highest BCUT2D eigenvalue weighted by Crippen LogP contribution is 2.30. The van der Waals surface area contributed by atoms with E-state index >= 15 is 0 Å². The third-order valence-electron chi connectivity index (χ3n) is 3.23. The fourth-order valence-electron chi connectivity index (χ4n) is 2.12. The molecule has 0 aliphatic carbocycles. The standard InChI is InChI=1S/C12H11F5N2O/c1-6(20)18-2-4-19(5-3-18)12-10(16)8(14)7(13)9(15)11(12)17/h2-5H2,1H3. The second kappa shape index (κ2) is 5.26. The van der Waals surface area contributed by atoms with E-state index in [0.29, 0.717) is 0 Å². The summed E-state index contributed by atoms with van der Waals surface area (Å²) in [5, 5.41) is 0. The molecule has 1 aliphatic rings. The van der Waals surface area contributed by atoms with Gasteiger partial charge in [0, 0.05) is 33.1 Å². The van der Waals surface area contributed by atoms with Gasteiger partial charge >= 0.3 is 0 Å². The Kier molecular flexibility index (Phi) is 3.82. The van der Waals surface area contributed by atoms with Gasteiger partial charge in [-0.2, -0.15) is 0 Å². The first-order chi connectivity index (χ1) is 9.34. The van der Waals surface area contributed by atoms with Gasteiger partial charge in [-0.3, -0.25) is 4.79 Å². The number of nitrogens with zero attached hydrogens (tertiary/aromatic N) is 2. The van der Waals surface area contributed by atoms with Crippen LogP contribution in [0.3, 0.4) is 0 Å². The number of benzene rings is 1. The van der Waals surface area contributed by atoms with E-state index in [2.05, 4.69) is 0 Å². The zero-order chi connectivity index (χ0) is 15.0. The van der Waals surface area contributed by atoms with Crippen LogP contribution in [0.5, 0.6) is 0 Å². The van der Waals surface area contributed by atoms with Gasteiger partial charge in [0.25, 0.3) is 0 Å². The van der Waals surface area contributed by atoms with Crippen LogP contribution in [0.4, 0.5) is 27.6 Å². The number of amides is 1. The fourth-order valence-corrected chi connectivity index (χ4v) is 2.12. The Morgan fingerprint density at radius 3 is 1.60 bits per heavy atom. The maximum absolute atomic E-state index is 13.6. The van der Waals surface area contributed by atoms with E-state index in [1.165, 1.54) is 11.8 Å². The van der Waals surface area contributed by atoms with Crippen LogP contribution < -0.4 is 4.90 Å². The van der Waals surface area contributed by atoms with E-state index in [4.69, 9.17) is 0 Å². The molecule has 3 nitrogen and oxygen atoms in total. The Balaban J connectivity index is 2.33. The first-order valence-corrected chi connectivity index (χ1v) is 5.86. The average molecular weight is 294 g/mol. The Hall–Kier alpha value is -1.86. The topological polar surface area (TPSA) is 23.6 Å². The number of halogens is 5. The van der Waals surface area contributed by atoms with Gasteiger partial charge in [0.1, 0.15) is 5.69 Å². The van der Waals surface area contributed by atoms with Crippen molar-refractivity contribution < 1.29 is 26.7 Å². The van der Waals surface area contributed by atoms with Crippen molar-refractivity contribution in [2.75, 3.05) is 31.1 Å². The zero-order valence-corrected chi connectivity index (χ0v) is 10.5. The largest absolute Gasteiger partial charge is 0.363 e. The van der Waals surface area contributed by atoms with Gasteiger partial charge < -0.3 is 9.80 Å². The Bertz CT molecular complexity index is 526. The van der Waals surface area contributed by atoms with E-state index in [9.17, 15) is 26.7 Å². The lowest BCUT2D eigenvalue weighted by Crippen LogP contribution is -2.48. The number of rotatable bonds is 1. The highest BCUT2D eigenvalue weighted by Gasteiger charge is 2.30. The van der Waals surface area contributed by atoms with Crippen LogP contribution in [-0.4, -0.2) is 37.0 Å². The normalized spacial score (nSPS) is 15.7. The molecule has 0 saturated carbocycles. The van der Waals surface area contributed by atoms with E-state index in [1.54, 1.807) is 0 Å². The van der Waals surface area contributed by atoms with Crippen LogP contribution in [0.25, 0.3) is 0 Å². The van der Waals surface area contributed by atoms with Gasteiger partial charge in [-0.1, -0.05) is 0 Å². The fraction of sp³-hybridized carbons (Fsp3) is 0.417. The van der Waals surface area contributed by atoms with Crippen molar-refractivity contribution in [2.45, 2.75) is 6.92 Å². The van der Waals surface area contributed by atoms with E-state index in [0.717, 1.165) is 4.90 Å². The number of carbonyl (C=O) groups is 1. The van der Waals surface area contributed by atoms with E-state index in [-0.39, 0.29) is 32.1 Å². The molecule has 0 radical (unpaired) electrons. The number of hydrogen-bond donors (Lipinski definition) is 0. The molecule has 1 heterocycles. The predicted octanol–water partition coefficient (Wildman–Crippen LogP) is 2.05. The second-order valence-electron chi connectivity index (χ2n) is 4.41. The molecule has 110 valence electrons. The molecule has 0 spiro atoms. The molecule has 0 N–H and O–H groups in total. The first kappa shape index (κ1) is 14.5. The minimum Gasteiger partial charge on any atom is -0.363 e. The van der Waals surface area contributed by atoms with Crippen molar-refractivity contribution in [1.82, 2.24) is 4.90 Å². The molecular weight excluding hydrogens is 283 g/mol. The summed E-state index contributed by atoms with van der Waals surface area (Å²) in [7, 11) is 0. The van der Waals surface area contributed by atoms with Gasteiger partial charge in [-0.05, 0) is 0 Å². The van der Waals surface area contributed by atoms with Crippen LogP contribution in [0.2, 0.25) is 0 Å². The van der Waals surface area contributed by atoms with Crippen molar-refractivity contribution in [3.63, 3.8) is 0 Å². The summed E-state index contributed by atoms with van der Waals surface area (Å²) in [6, 6.07) is 0. The van der Waals surface area contributed by atoms with Crippen molar-refractivity contribution in [2.24, 2.45) is 0 Å². The lowest BCUT2D eigenvalue weighted by molar-refractivity contribution is -0.129. The highest BCUT2D eigenvalue weighted by molar-refractivity contribution is 5.73. The molecule has 1 aromatic carbocycles. The lowest BCUT2D eigenvalue weighted by Gasteiger charge is -2.35. The summed E-state index contributed by atoms with van der Waals surface area (Å²) >= 11 is 0. The lowest BCUT2D eigenvalue weighted by atomic mass is 10.2. The van der Waals surface area contributed by atoms with Crippen molar-refractivity contribution in [3.05, 3.63) is 29.1 Å². The van der Waals surface area contributed by atoms with Gasteiger partial charge in [0.05, 0.1) is 0 Å². The van der Waals surface area contributed by atoms with Gasteiger partial charge in [0.15, 0.2) is 23.3 Å². The zero-order valence-electron chi connectivity index (χ0n) is 10.5. The quantitative estimate of drug-likeness (QED) is 0.449. The van der Waals surface area contributed by atoms with Crippen LogP contribution in [0.15, 0.2) is 0 Å². The van der Waals surface area contributed by atoms with Gasteiger partial charge in [-0.25, -0.2) is 22.0 Å². The molecule has 1 fully saturated rings. The molecule has 0 bridgehead atoms. The molecule has 20 heavy (non-hydrogen) atoms. The molecule has 1 aromatic rings. The average Bonchev–Trinajstić information content (AvgIpc) is 2.44. The Labute approximate surface area is 111 Å². The number of piperazine rings is 1. The van der Waals surface area contributed by atoms with Crippen molar-refractivity contribution in [1.29, 1.82) is 0 Å². The summed E-state index contributed by atoms with van der Waals surface area (Å²) in [5.74, 6) is -10.0. The summed E-state index contributed by atoms with van der Waals surface area (Å²) in [5.41, 5.74) is -0.940. The monoisotopic (exact) mass is 294 g/mol. The SMILES string of the molecule is CC(=O)N1CCN(c2c(F)c(F)c(F)c(F)c2F)CC1. The minimum atomic E-state index is -2.17. The maximum atomic E-state index is 13.6. The van der Waals surface area contributed by atoms with Crippen LogP contribution in [0, 0.1) is 29.1 Å². The molecule has 1 aliphatic heterocycles. The molecule has 1 amide bonds. The first-order valence-electron chi connectivity index (χ1n) is 5.86. The number of carbonyl (C=O) groups excluding carboxylic acids is 1. The minimum absolute atomic E-state index is 0.00205. The summed E-state index contributed by atoms with van der Waals surface area (Å²) < 4.78 is 66.4. The van der Waals surface area contributed by atoms with E-state index < -0.39 is 34.8 Å². The third-order valence-corrected chi connectivity index (χ3v) is 3.23. The molecule has 2 rings (SSSR count). The van der Waals surface area contributed by atoms with Gasteiger partial charge in [-0.15, -0.1) is 0 Å². The number of hydrogen-bond acceptors (Lipinski definition) is 2. The molecular formula is C12H11F5N2O. The Morgan fingerprint density at radius 1 is 0.800 bits per heavy atom. The molecule has 8 heteroatoms. The summed E-state index contributed by atoms with van der Waals surface area (Å²) in [6.45, 7) is 1.66. The van der Waals surface area contributed by atoms with E-state index in [1.807, 2.05) is 0 Å². The van der Waals surface area contributed by atoms with Gasteiger partial charge in [0.2, 0.25) is 11.7 Å². The predicted molar refractivity (Wildman–Crippen MR) is 60.7 cm³/mol.